The van der Waals surface area contributed by atoms with Gasteiger partial charge in [-0.2, -0.15) is 4.98 Å². The number of H-pyrrole nitrogens is 1. The molecule has 0 radical (unpaired) electrons. The number of rotatable bonds is 13. The van der Waals surface area contributed by atoms with Crippen LogP contribution in [0.15, 0.2) is 41.5 Å². The fourth-order valence-corrected chi connectivity index (χ4v) is 4.72. The Balaban J connectivity index is 1.64. The molecule has 0 saturated heterocycles. The summed E-state index contributed by atoms with van der Waals surface area (Å²) in [4.78, 5) is 34.7. The van der Waals surface area contributed by atoms with Crippen LogP contribution in [0.3, 0.4) is 0 Å². The number of imidazole rings is 1. The zero-order valence-corrected chi connectivity index (χ0v) is 20.0. The maximum absolute atomic E-state index is 13.5. The van der Waals surface area contributed by atoms with Gasteiger partial charge in [0.1, 0.15) is 18.1 Å². The number of hydrogen-bond donors (Lipinski definition) is 3. The molecule has 2 atom stereocenters. The Labute approximate surface area is 196 Å². The van der Waals surface area contributed by atoms with Gasteiger partial charge in [0.25, 0.3) is 5.56 Å². The molecule has 34 heavy (non-hydrogen) atoms. The number of ether oxygens (including phenoxy) is 2. The molecule has 0 fully saturated rings. The van der Waals surface area contributed by atoms with Crippen molar-refractivity contribution in [2.45, 2.75) is 39.3 Å². The number of nitrogens with zero attached hydrogens (tertiary/aromatic N) is 3. The lowest BCUT2D eigenvalue weighted by molar-refractivity contribution is -0.145. The van der Waals surface area contributed by atoms with Crippen molar-refractivity contribution in [2.75, 3.05) is 25.3 Å². The van der Waals surface area contributed by atoms with Gasteiger partial charge in [-0.05, 0) is 25.5 Å². The third kappa shape index (κ3) is 6.89. The van der Waals surface area contributed by atoms with Crippen molar-refractivity contribution in [3.63, 3.8) is 0 Å². The molecule has 3 aromatic rings. The minimum atomic E-state index is -3.65. The largest absolute Gasteiger partial charge is 0.465 e. The summed E-state index contributed by atoms with van der Waals surface area (Å²) in [6, 6.07) is 7.73. The number of benzene rings is 1. The molecule has 0 saturated carbocycles. The van der Waals surface area contributed by atoms with Gasteiger partial charge in [-0.1, -0.05) is 31.5 Å². The number of nitrogens with one attached hydrogen (secondary N) is 2. The molecule has 3 rings (SSSR count). The van der Waals surface area contributed by atoms with E-state index in [1.165, 1.54) is 6.33 Å². The van der Waals surface area contributed by atoms with Gasteiger partial charge in [0.05, 0.1) is 19.5 Å². The van der Waals surface area contributed by atoms with E-state index < -0.39 is 25.1 Å². The number of carbonyl (C=O) groups excluding carboxylic acids is 1. The number of nitrogens with two attached hydrogens (primary N) is 1. The van der Waals surface area contributed by atoms with E-state index in [1.807, 2.05) is 6.92 Å². The first-order chi connectivity index (χ1) is 16.3. The van der Waals surface area contributed by atoms with Gasteiger partial charge in [0.15, 0.2) is 11.2 Å². The molecule has 2 unspecified atom stereocenters. The van der Waals surface area contributed by atoms with E-state index in [1.54, 1.807) is 41.8 Å². The van der Waals surface area contributed by atoms with E-state index >= 15 is 0 Å². The molecule has 0 amide bonds. The summed E-state index contributed by atoms with van der Waals surface area (Å²) in [7, 11) is -3.65. The lowest BCUT2D eigenvalue weighted by atomic mass is 10.3. The van der Waals surface area contributed by atoms with Gasteiger partial charge >= 0.3 is 13.5 Å². The van der Waals surface area contributed by atoms with Crippen molar-refractivity contribution in [1.29, 1.82) is 0 Å². The Hall–Kier alpha value is -3.21. The van der Waals surface area contributed by atoms with Gasteiger partial charge in [-0.3, -0.25) is 19.1 Å². The second-order valence-corrected chi connectivity index (χ2v) is 9.59. The molecule has 2 heterocycles. The average Bonchev–Trinajstić information content (AvgIpc) is 3.20. The minimum absolute atomic E-state index is 0.0232. The van der Waals surface area contributed by atoms with Crippen LogP contribution < -0.4 is 20.9 Å². The number of hydrogen-bond acceptors (Lipinski definition) is 9. The van der Waals surface area contributed by atoms with E-state index in [0.29, 0.717) is 18.0 Å². The highest BCUT2D eigenvalue weighted by atomic mass is 31.2. The van der Waals surface area contributed by atoms with Crippen molar-refractivity contribution < 1.29 is 23.4 Å². The van der Waals surface area contributed by atoms with Crippen LogP contribution in [0.1, 0.15) is 26.7 Å². The van der Waals surface area contributed by atoms with E-state index in [-0.39, 0.29) is 31.0 Å². The summed E-state index contributed by atoms with van der Waals surface area (Å²) in [5, 5.41) is 2.75. The quantitative estimate of drug-likeness (QED) is 0.183. The Kier molecular flexibility index (Phi) is 8.80. The molecule has 184 valence electrons. The Morgan fingerprint density at radius 3 is 2.79 bits per heavy atom. The standard InChI is InChI=1S/C21H29N6O6P/c1-3-4-11-32-20(29)15(2)26-34(30,33-16-8-6-5-7-9-16)14-31-12-10-27-13-23-17-18(27)24-21(22)25-19(17)28/h5-9,13,15H,3-4,10-12,14H2,1-2H3,(H,26,30)(H3,22,24,25,28). The maximum atomic E-state index is 13.5. The summed E-state index contributed by atoms with van der Waals surface area (Å²) in [5.41, 5.74) is 5.64. The van der Waals surface area contributed by atoms with Crippen LogP contribution in [0.25, 0.3) is 11.2 Å². The number of nitrogen functional groups attached to an aromatic ring is 1. The third-order valence-corrected chi connectivity index (χ3v) is 6.52. The van der Waals surface area contributed by atoms with Crippen molar-refractivity contribution >= 4 is 30.6 Å². The van der Waals surface area contributed by atoms with Crippen LogP contribution in [-0.2, 0) is 25.4 Å². The number of esters is 1. The van der Waals surface area contributed by atoms with Crippen molar-refractivity contribution in [2.24, 2.45) is 0 Å². The van der Waals surface area contributed by atoms with Gasteiger partial charge in [-0.15, -0.1) is 0 Å². The molecule has 1 aromatic carbocycles. The highest BCUT2D eigenvalue weighted by molar-refractivity contribution is 7.57. The number of anilines is 1. The summed E-state index contributed by atoms with van der Waals surface area (Å²) < 4.78 is 31.7. The van der Waals surface area contributed by atoms with Crippen molar-refractivity contribution in [3.8, 4) is 5.75 Å². The first kappa shape index (κ1) is 25.4. The van der Waals surface area contributed by atoms with E-state index in [2.05, 4.69) is 20.0 Å². The van der Waals surface area contributed by atoms with Crippen LogP contribution in [0.4, 0.5) is 5.95 Å². The topological polar surface area (TPSA) is 163 Å². The predicted octanol–water partition coefficient (Wildman–Crippen LogP) is 2.27. The number of unbranched alkanes of at least 4 members (excludes halogenated alkanes) is 1. The van der Waals surface area contributed by atoms with E-state index in [0.717, 1.165) is 12.8 Å². The fraction of sp³-hybridized carbons (Fsp3) is 0.429. The van der Waals surface area contributed by atoms with Crippen LogP contribution >= 0.6 is 7.52 Å². The SMILES string of the molecule is CCCCOC(=O)C(C)NP(=O)(COCCn1cnc2c(=O)[nH]c(N)nc21)Oc1ccccc1. The van der Waals surface area contributed by atoms with Crippen LogP contribution in [0, 0.1) is 0 Å². The molecule has 13 heteroatoms. The predicted molar refractivity (Wildman–Crippen MR) is 127 cm³/mol. The molecule has 2 aromatic heterocycles. The van der Waals surface area contributed by atoms with E-state index in [4.69, 9.17) is 19.7 Å². The molecule has 0 aliphatic heterocycles. The summed E-state index contributed by atoms with van der Waals surface area (Å²) in [6.07, 6.45) is 2.77. The van der Waals surface area contributed by atoms with Gasteiger partial charge in [0, 0.05) is 6.54 Å². The number of aromatic amines is 1. The third-order valence-electron chi connectivity index (χ3n) is 4.71. The molecular weight excluding hydrogens is 463 g/mol. The highest BCUT2D eigenvalue weighted by Gasteiger charge is 2.31. The minimum Gasteiger partial charge on any atom is -0.465 e. The van der Waals surface area contributed by atoms with Crippen molar-refractivity contribution in [1.82, 2.24) is 24.6 Å². The van der Waals surface area contributed by atoms with Crippen LogP contribution in [0.2, 0.25) is 0 Å². The lowest BCUT2D eigenvalue weighted by Crippen LogP contribution is -2.35. The number of carbonyl (C=O) groups is 1. The highest BCUT2D eigenvalue weighted by Crippen LogP contribution is 2.43. The van der Waals surface area contributed by atoms with Gasteiger partial charge in [0.2, 0.25) is 5.95 Å². The smallest absolute Gasteiger partial charge is 0.342 e. The fourth-order valence-electron chi connectivity index (χ4n) is 3.01. The maximum Gasteiger partial charge on any atom is 0.342 e. The number of fused-ring (bicyclic) bond motifs is 1. The molecule has 12 nitrogen and oxygen atoms in total. The average molecular weight is 492 g/mol. The molecule has 4 N–H and O–H groups in total. The zero-order chi connectivity index (χ0) is 24.6. The molecular formula is C21H29N6O6P. The first-order valence-corrected chi connectivity index (χ1v) is 12.7. The lowest BCUT2D eigenvalue weighted by Gasteiger charge is -2.23. The van der Waals surface area contributed by atoms with E-state index in [9.17, 15) is 14.2 Å². The first-order valence-electron chi connectivity index (χ1n) is 10.9. The molecule has 0 aliphatic rings. The summed E-state index contributed by atoms with van der Waals surface area (Å²) in [5.74, 6) is -0.179. The Morgan fingerprint density at radius 1 is 1.29 bits per heavy atom. The zero-order valence-electron chi connectivity index (χ0n) is 19.1. The normalized spacial score (nSPS) is 13.9. The second-order valence-electron chi connectivity index (χ2n) is 7.55. The summed E-state index contributed by atoms with van der Waals surface area (Å²) in [6.45, 7) is 4.22. The monoisotopic (exact) mass is 492 g/mol. The molecule has 0 aliphatic carbocycles. The van der Waals surface area contributed by atoms with Gasteiger partial charge in [-0.25, -0.2) is 10.1 Å². The van der Waals surface area contributed by atoms with Crippen LogP contribution in [-0.4, -0.2) is 51.1 Å². The Morgan fingerprint density at radius 2 is 2.06 bits per heavy atom. The summed E-state index contributed by atoms with van der Waals surface area (Å²) >= 11 is 0. The van der Waals surface area contributed by atoms with Crippen molar-refractivity contribution in [3.05, 3.63) is 47.0 Å². The second kappa shape index (κ2) is 11.8. The number of para-hydroxylation sites is 1. The Bertz CT molecular complexity index is 1200. The molecule has 0 bridgehead atoms. The van der Waals surface area contributed by atoms with Crippen LogP contribution in [0.5, 0.6) is 5.75 Å². The number of aromatic nitrogens is 4. The van der Waals surface area contributed by atoms with Gasteiger partial charge < -0.3 is 24.3 Å². The molecule has 0 spiro atoms.